The lowest BCUT2D eigenvalue weighted by Crippen LogP contribution is -2.43. The summed E-state index contributed by atoms with van der Waals surface area (Å²) in [5.41, 5.74) is 0.698. The van der Waals surface area contributed by atoms with Gasteiger partial charge in [-0.1, -0.05) is 5.16 Å². The number of carbonyl (C=O) groups is 1. The van der Waals surface area contributed by atoms with Gasteiger partial charge in [0.1, 0.15) is 18.1 Å². The molecule has 1 aliphatic heterocycles. The zero-order chi connectivity index (χ0) is 15.0. The molecule has 0 unspecified atom stereocenters. The molecule has 1 amide bonds. The van der Waals surface area contributed by atoms with Crippen molar-refractivity contribution in [1.82, 2.24) is 5.16 Å². The summed E-state index contributed by atoms with van der Waals surface area (Å²) in [6.45, 7) is 2.01. The van der Waals surface area contributed by atoms with Gasteiger partial charge in [-0.3, -0.25) is 4.79 Å². The van der Waals surface area contributed by atoms with E-state index in [9.17, 15) is 13.6 Å². The third-order valence-electron chi connectivity index (χ3n) is 3.19. The van der Waals surface area contributed by atoms with Gasteiger partial charge in [-0.2, -0.15) is 0 Å². The second-order valence-corrected chi connectivity index (χ2v) is 4.83. The zero-order valence-corrected chi connectivity index (χ0v) is 11.2. The maximum atomic E-state index is 13.4. The second-order valence-electron chi connectivity index (χ2n) is 4.83. The Morgan fingerprint density at radius 2 is 2.19 bits per heavy atom. The Labute approximate surface area is 119 Å². The number of carbonyl (C=O) groups excluding carboxylic acids is 1. The lowest BCUT2D eigenvalue weighted by Gasteiger charge is -2.33. The van der Waals surface area contributed by atoms with Crippen LogP contribution < -0.4 is 9.64 Å². The van der Waals surface area contributed by atoms with Crippen LogP contribution in [-0.4, -0.2) is 23.7 Å². The van der Waals surface area contributed by atoms with E-state index in [0.29, 0.717) is 5.69 Å². The number of hydrogen-bond donors (Lipinski definition) is 0. The molecule has 0 fully saturated rings. The maximum absolute atomic E-state index is 13.4. The lowest BCUT2D eigenvalue weighted by atomic mass is 10.1. The minimum absolute atomic E-state index is 0.0155. The molecule has 0 saturated carbocycles. The van der Waals surface area contributed by atoms with Gasteiger partial charge in [0.25, 0.3) is 0 Å². The summed E-state index contributed by atoms with van der Waals surface area (Å²) in [4.78, 5) is 13.7. The van der Waals surface area contributed by atoms with Crippen LogP contribution in [0, 0.1) is 11.6 Å². The van der Waals surface area contributed by atoms with E-state index in [1.807, 2.05) is 0 Å². The van der Waals surface area contributed by atoms with Gasteiger partial charge in [0.15, 0.2) is 11.6 Å². The molecule has 1 aromatic carbocycles. The molecule has 0 aliphatic carbocycles. The molecule has 3 rings (SSSR count). The van der Waals surface area contributed by atoms with Gasteiger partial charge in [0.2, 0.25) is 5.91 Å². The molecular weight excluding hydrogens is 282 g/mol. The Hall–Kier alpha value is -2.44. The van der Waals surface area contributed by atoms with Crippen molar-refractivity contribution in [1.29, 1.82) is 0 Å². The molecule has 0 N–H and O–H groups in total. The molecule has 2 heterocycles. The number of fused-ring (bicyclic) bond motifs is 1. The van der Waals surface area contributed by atoms with E-state index in [-0.39, 0.29) is 36.4 Å². The second kappa shape index (κ2) is 5.16. The molecule has 1 atom stereocenters. The van der Waals surface area contributed by atoms with Crippen molar-refractivity contribution in [3.05, 3.63) is 41.8 Å². The Bertz CT molecular complexity index is 673. The fourth-order valence-electron chi connectivity index (χ4n) is 2.25. The van der Waals surface area contributed by atoms with Crippen LogP contribution in [0.15, 0.2) is 29.0 Å². The van der Waals surface area contributed by atoms with Gasteiger partial charge in [0.05, 0.1) is 24.3 Å². The molecule has 5 nitrogen and oxygen atoms in total. The van der Waals surface area contributed by atoms with Crippen LogP contribution in [0.3, 0.4) is 0 Å². The van der Waals surface area contributed by atoms with Crippen LogP contribution in [0.1, 0.15) is 12.6 Å². The van der Waals surface area contributed by atoms with Crippen molar-refractivity contribution >= 4 is 11.6 Å². The molecule has 7 heteroatoms. The first-order chi connectivity index (χ1) is 10.0. The van der Waals surface area contributed by atoms with Gasteiger partial charge in [-0.05, 0) is 6.92 Å². The third-order valence-corrected chi connectivity index (χ3v) is 3.19. The minimum atomic E-state index is -1.02. The summed E-state index contributed by atoms with van der Waals surface area (Å²) in [5.74, 6) is -2.16. The number of benzene rings is 1. The highest BCUT2D eigenvalue weighted by atomic mass is 19.2. The van der Waals surface area contributed by atoms with Crippen molar-refractivity contribution in [2.24, 2.45) is 0 Å². The summed E-state index contributed by atoms with van der Waals surface area (Å²) >= 11 is 0. The molecule has 0 spiro atoms. The van der Waals surface area contributed by atoms with Crippen molar-refractivity contribution < 1.29 is 22.8 Å². The van der Waals surface area contributed by atoms with Crippen LogP contribution in [-0.2, 0) is 11.2 Å². The number of anilines is 1. The Morgan fingerprint density at radius 1 is 1.43 bits per heavy atom. The number of nitrogens with zero attached hydrogens (tertiary/aromatic N) is 2. The van der Waals surface area contributed by atoms with Gasteiger partial charge in [-0.25, -0.2) is 8.78 Å². The van der Waals surface area contributed by atoms with Crippen molar-refractivity contribution in [2.75, 3.05) is 11.4 Å². The van der Waals surface area contributed by atoms with E-state index in [1.54, 1.807) is 13.0 Å². The predicted octanol–water partition coefficient (Wildman–Crippen LogP) is 2.31. The summed E-state index contributed by atoms with van der Waals surface area (Å²) in [6, 6.07) is 3.50. The van der Waals surface area contributed by atoms with Crippen LogP contribution in [0.4, 0.5) is 14.5 Å². The van der Waals surface area contributed by atoms with Crippen molar-refractivity contribution in [3.63, 3.8) is 0 Å². The van der Waals surface area contributed by atoms with E-state index in [0.717, 1.165) is 12.1 Å². The number of halogens is 2. The number of amides is 1. The van der Waals surface area contributed by atoms with Gasteiger partial charge >= 0.3 is 0 Å². The first-order valence-electron chi connectivity index (χ1n) is 6.40. The molecule has 1 aliphatic rings. The van der Waals surface area contributed by atoms with Crippen LogP contribution in [0.25, 0.3) is 0 Å². The number of aromatic nitrogens is 1. The quantitative estimate of drug-likeness (QED) is 0.853. The molecule has 110 valence electrons. The molecule has 2 aromatic rings. The third kappa shape index (κ3) is 2.58. The minimum Gasteiger partial charge on any atom is -0.487 e. The number of ether oxygens (including phenoxy) is 1. The molecular formula is C14H12F2N2O3. The standard InChI is InChI=1S/C14H12F2N2O3/c1-8-7-18(14(19)4-9-2-3-20-17-9)12-5-10(15)11(16)6-13(12)21-8/h2-3,5-6,8H,4,7H2,1H3/t8-/m0/s1. The van der Waals surface area contributed by atoms with Gasteiger partial charge in [0, 0.05) is 18.2 Å². The van der Waals surface area contributed by atoms with E-state index in [1.165, 1.54) is 11.2 Å². The zero-order valence-electron chi connectivity index (χ0n) is 11.2. The number of hydrogen-bond acceptors (Lipinski definition) is 4. The van der Waals surface area contributed by atoms with Gasteiger partial charge in [-0.15, -0.1) is 0 Å². The Kier molecular flexibility index (Phi) is 3.32. The molecule has 1 aromatic heterocycles. The normalized spacial score (nSPS) is 17.3. The molecule has 0 saturated heterocycles. The monoisotopic (exact) mass is 294 g/mol. The largest absolute Gasteiger partial charge is 0.487 e. The van der Waals surface area contributed by atoms with E-state index in [4.69, 9.17) is 4.74 Å². The first-order valence-corrected chi connectivity index (χ1v) is 6.40. The van der Waals surface area contributed by atoms with Gasteiger partial charge < -0.3 is 14.2 Å². The van der Waals surface area contributed by atoms with Crippen LogP contribution in [0.2, 0.25) is 0 Å². The van der Waals surface area contributed by atoms with E-state index >= 15 is 0 Å². The topological polar surface area (TPSA) is 55.6 Å². The fourth-order valence-corrected chi connectivity index (χ4v) is 2.25. The van der Waals surface area contributed by atoms with Crippen molar-refractivity contribution in [2.45, 2.75) is 19.4 Å². The average Bonchev–Trinajstić information content (AvgIpc) is 2.92. The van der Waals surface area contributed by atoms with E-state index in [2.05, 4.69) is 9.68 Å². The highest BCUT2D eigenvalue weighted by Gasteiger charge is 2.29. The Morgan fingerprint density at radius 3 is 2.90 bits per heavy atom. The SMILES string of the molecule is C[C@H]1CN(C(=O)Cc2ccon2)c2cc(F)c(F)cc2O1. The molecule has 0 bridgehead atoms. The fraction of sp³-hybridized carbons (Fsp3) is 0.286. The Balaban J connectivity index is 1.93. The van der Waals surface area contributed by atoms with Crippen LogP contribution in [0.5, 0.6) is 5.75 Å². The van der Waals surface area contributed by atoms with Crippen LogP contribution >= 0.6 is 0 Å². The highest BCUT2D eigenvalue weighted by molar-refractivity contribution is 5.96. The lowest BCUT2D eigenvalue weighted by molar-refractivity contribution is -0.118. The first kappa shape index (κ1) is 13.5. The van der Waals surface area contributed by atoms with Crippen molar-refractivity contribution in [3.8, 4) is 5.75 Å². The highest BCUT2D eigenvalue weighted by Crippen LogP contribution is 2.35. The van der Waals surface area contributed by atoms with E-state index < -0.39 is 11.6 Å². The number of rotatable bonds is 2. The molecule has 21 heavy (non-hydrogen) atoms. The predicted molar refractivity (Wildman–Crippen MR) is 69.0 cm³/mol. The summed E-state index contributed by atoms with van der Waals surface area (Å²) in [5, 5.41) is 3.67. The molecule has 0 radical (unpaired) electrons. The maximum Gasteiger partial charge on any atom is 0.233 e. The summed E-state index contributed by atoms with van der Waals surface area (Å²) < 4.78 is 36.8. The summed E-state index contributed by atoms with van der Waals surface area (Å²) in [6.07, 6.45) is 1.07. The average molecular weight is 294 g/mol. The smallest absolute Gasteiger partial charge is 0.233 e. The summed E-state index contributed by atoms with van der Waals surface area (Å²) in [7, 11) is 0.